The summed E-state index contributed by atoms with van der Waals surface area (Å²) in [6.07, 6.45) is 0.585. The highest BCUT2D eigenvalue weighted by Gasteiger charge is 2.22. The van der Waals surface area contributed by atoms with Crippen molar-refractivity contribution in [1.29, 1.82) is 0 Å². The molecule has 3 amide bonds. The molecule has 1 heterocycles. The number of halogens is 1. The lowest BCUT2D eigenvalue weighted by atomic mass is 9.98. The third-order valence-corrected chi connectivity index (χ3v) is 5.56. The summed E-state index contributed by atoms with van der Waals surface area (Å²) in [7, 11) is 0. The number of carbonyl (C=O) groups excluding carboxylic acids is 2. The van der Waals surface area contributed by atoms with Crippen LogP contribution in [0.25, 0.3) is 0 Å². The van der Waals surface area contributed by atoms with Crippen molar-refractivity contribution in [3.8, 4) is 0 Å². The molecule has 1 aliphatic heterocycles. The van der Waals surface area contributed by atoms with E-state index in [1.54, 1.807) is 29.2 Å². The molecule has 0 spiro atoms. The van der Waals surface area contributed by atoms with Gasteiger partial charge < -0.3 is 10.6 Å². The van der Waals surface area contributed by atoms with E-state index in [9.17, 15) is 9.59 Å². The Morgan fingerprint density at radius 1 is 1.00 bits per heavy atom. The number of urea groups is 1. The third-order valence-electron chi connectivity index (χ3n) is 5.19. The van der Waals surface area contributed by atoms with Crippen molar-refractivity contribution in [2.24, 2.45) is 0 Å². The molecule has 1 atom stereocenters. The average Bonchev–Trinajstić information content (AvgIpc) is 3.21. The van der Waals surface area contributed by atoms with Gasteiger partial charge in [0.25, 0.3) is 5.91 Å². The predicted molar refractivity (Wildman–Crippen MR) is 119 cm³/mol. The van der Waals surface area contributed by atoms with Gasteiger partial charge in [0.1, 0.15) is 0 Å². The number of carbonyl (C=O) groups is 2. The maximum Gasteiger partial charge on any atom is 0.321 e. The second-order valence-electron chi connectivity index (χ2n) is 7.16. The number of amides is 3. The standard InChI is InChI=1S/C24H22ClN3O2/c25-21-9-5-4-8-19(21)16-22(17-6-2-1-3-7-17)27-23(29)18-10-12-20(13-11-18)28-15-14-26-24(28)30/h1-13,22H,14-16H2,(H,26,30)(H,27,29). The van der Waals surface area contributed by atoms with Crippen LogP contribution in [0.4, 0.5) is 10.5 Å². The zero-order valence-electron chi connectivity index (χ0n) is 16.3. The predicted octanol–water partition coefficient (Wildman–Crippen LogP) is 4.58. The van der Waals surface area contributed by atoms with Gasteiger partial charge in [0, 0.05) is 29.4 Å². The fourth-order valence-electron chi connectivity index (χ4n) is 3.57. The van der Waals surface area contributed by atoms with Crippen LogP contribution in [0.15, 0.2) is 78.9 Å². The molecule has 1 fully saturated rings. The van der Waals surface area contributed by atoms with Gasteiger partial charge in [-0.25, -0.2) is 4.79 Å². The highest BCUT2D eigenvalue weighted by Crippen LogP contribution is 2.24. The van der Waals surface area contributed by atoms with Crippen molar-refractivity contribution < 1.29 is 9.59 Å². The lowest BCUT2D eigenvalue weighted by Crippen LogP contribution is -2.30. The van der Waals surface area contributed by atoms with E-state index in [1.165, 1.54) is 0 Å². The van der Waals surface area contributed by atoms with E-state index >= 15 is 0 Å². The first-order valence-corrected chi connectivity index (χ1v) is 10.2. The van der Waals surface area contributed by atoms with Crippen LogP contribution in [0, 0.1) is 0 Å². The number of hydrogen-bond acceptors (Lipinski definition) is 2. The maximum atomic E-state index is 13.0. The number of anilines is 1. The summed E-state index contributed by atoms with van der Waals surface area (Å²) in [5.41, 5.74) is 3.30. The lowest BCUT2D eigenvalue weighted by Gasteiger charge is -2.20. The Labute approximate surface area is 180 Å². The molecule has 1 unspecified atom stereocenters. The van der Waals surface area contributed by atoms with Gasteiger partial charge in [0.05, 0.1) is 6.04 Å². The van der Waals surface area contributed by atoms with Crippen LogP contribution >= 0.6 is 11.6 Å². The van der Waals surface area contributed by atoms with Crippen molar-refractivity contribution in [2.75, 3.05) is 18.0 Å². The van der Waals surface area contributed by atoms with Crippen LogP contribution in [-0.4, -0.2) is 25.0 Å². The van der Waals surface area contributed by atoms with Crippen LogP contribution in [0.2, 0.25) is 5.02 Å². The highest BCUT2D eigenvalue weighted by molar-refractivity contribution is 6.31. The fraction of sp³-hybridized carbons (Fsp3) is 0.167. The minimum Gasteiger partial charge on any atom is -0.345 e. The Kier molecular flexibility index (Phi) is 6.00. The van der Waals surface area contributed by atoms with Crippen molar-refractivity contribution in [3.05, 3.63) is 101 Å². The summed E-state index contributed by atoms with van der Waals surface area (Å²) >= 11 is 6.35. The van der Waals surface area contributed by atoms with Crippen molar-refractivity contribution in [3.63, 3.8) is 0 Å². The molecule has 5 nitrogen and oxygen atoms in total. The van der Waals surface area contributed by atoms with E-state index in [4.69, 9.17) is 11.6 Å². The second kappa shape index (κ2) is 9.01. The molecule has 3 aromatic carbocycles. The second-order valence-corrected chi connectivity index (χ2v) is 7.57. The van der Waals surface area contributed by atoms with Gasteiger partial charge in [-0.2, -0.15) is 0 Å². The normalized spacial score (nSPS) is 14.3. The summed E-state index contributed by atoms with van der Waals surface area (Å²) in [6.45, 7) is 1.25. The number of hydrogen-bond donors (Lipinski definition) is 2. The molecule has 152 valence electrons. The largest absolute Gasteiger partial charge is 0.345 e. The Balaban J connectivity index is 1.53. The number of nitrogens with zero attached hydrogens (tertiary/aromatic N) is 1. The zero-order valence-corrected chi connectivity index (χ0v) is 17.1. The van der Waals surface area contributed by atoms with Gasteiger partial charge in [-0.3, -0.25) is 9.69 Å². The summed E-state index contributed by atoms with van der Waals surface area (Å²) in [6, 6.07) is 24.3. The Morgan fingerprint density at radius 3 is 2.37 bits per heavy atom. The number of nitrogens with one attached hydrogen (secondary N) is 2. The van der Waals surface area contributed by atoms with E-state index < -0.39 is 0 Å². The van der Waals surface area contributed by atoms with Crippen molar-refractivity contribution in [2.45, 2.75) is 12.5 Å². The third kappa shape index (κ3) is 4.47. The van der Waals surface area contributed by atoms with Gasteiger partial charge in [-0.1, -0.05) is 60.1 Å². The zero-order chi connectivity index (χ0) is 20.9. The molecule has 1 aliphatic rings. The topological polar surface area (TPSA) is 61.4 Å². The maximum absolute atomic E-state index is 13.0. The van der Waals surface area contributed by atoms with Gasteiger partial charge in [0.2, 0.25) is 0 Å². The first kappa shape index (κ1) is 20.0. The lowest BCUT2D eigenvalue weighted by molar-refractivity contribution is 0.0936. The first-order chi connectivity index (χ1) is 14.6. The van der Waals surface area contributed by atoms with Crippen LogP contribution in [0.1, 0.15) is 27.5 Å². The molecular weight excluding hydrogens is 398 g/mol. The highest BCUT2D eigenvalue weighted by atomic mass is 35.5. The molecule has 0 bridgehead atoms. The average molecular weight is 420 g/mol. The molecule has 3 aromatic rings. The van der Waals surface area contributed by atoms with Crippen LogP contribution in [0.5, 0.6) is 0 Å². The molecule has 30 heavy (non-hydrogen) atoms. The number of rotatable bonds is 6. The van der Waals surface area contributed by atoms with Gasteiger partial charge >= 0.3 is 6.03 Å². The van der Waals surface area contributed by atoms with Crippen LogP contribution in [0.3, 0.4) is 0 Å². The summed E-state index contributed by atoms with van der Waals surface area (Å²) in [5.74, 6) is -0.173. The quantitative estimate of drug-likeness (QED) is 0.614. The van der Waals surface area contributed by atoms with Gasteiger partial charge in [0.15, 0.2) is 0 Å². The van der Waals surface area contributed by atoms with Crippen molar-refractivity contribution >= 4 is 29.2 Å². The molecule has 0 saturated carbocycles. The molecule has 0 radical (unpaired) electrons. The fourth-order valence-corrected chi connectivity index (χ4v) is 3.79. The van der Waals surface area contributed by atoms with Gasteiger partial charge in [-0.05, 0) is 47.9 Å². The molecule has 0 aromatic heterocycles. The van der Waals surface area contributed by atoms with E-state index in [-0.39, 0.29) is 18.0 Å². The van der Waals surface area contributed by atoms with Crippen molar-refractivity contribution in [1.82, 2.24) is 10.6 Å². The van der Waals surface area contributed by atoms with Crippen LogP contribution in [-0.2, 0) is 6.42 Å². The van der Waals surface area contributed by atoms with E-state index in [0.717, 1.165) is 16.8 Å². The molecule has 0 aliphatic carbocycles. The summed E-state index contributed by atoms with van der Waals surface area (Å²) in [4.78, 5) is 26.4. The molecule has 2 N–H and O–H groups in total. The molecule has 1 saturated heterocycles. The summed E-state index contributed by atoms with van der Waals surface area (Å²) in [5, 5.41) is 6.59. The monoisotopic (exact) mass is 419 g/mol. The van der Waals surface area contributed by atoms with Gasteiger partial charge in [-0.15, -0.1) is 0 Å². The van der Waals surface area contributed by atoms with Crippen LogP contribution < -0.4 is 15.5 Å². The molecule has 4 rings (SSSR count). The summed E-state index contributed by atoms with van der Waals surface area (Å²) < 4.78 is 0. The first-order valence-electron chi connectivity index (χ1n) is 9.86. The Hall–Kier alpha value is -3.31. The minimum absolute atomic E-state index is 0.115. The number of benzene rings is 3. The SMILES string of the molecule is O=C(NC(Cc1ccccc1Cl)c1ccccc1)c1ccc(N2CCNC2=O)cc1. The minimum atomic E-state index is -0.220. The Morgan fingerprint density at radius 2 is 1.70 bits per heavy atom. The smallest absolute Gasteiger partial charge is 0.321 e. The Bertz CT molecular complexity index is 1040. The van der Waals surface area contributed by atoms with E-state index in [1.807, 2.05) is 54.6 Å². The van der Waals surface area contributed by atoms with E-state index in [0.29, 0.717) is 30.1 Å². The van der Waals surface area contributed by atoms with E-state index in [2.05, 4.69) is 10.6 Å². The molecule has 6 heteroatoms. The molecular formula is C24H22ClN3O2.